The van der Waals surface area contributed by atoms with Gasteiger partial charge in [0.15, 0.2) is 0 Å². The second kappa shape index (κ2) is 13.5. The number of nitrogens with zero attached hydrogens (tertiary/aromatic N) is 1. The first-order chi connectivity index (χ1) is 18.6. The molecule has 9 N–H and O–H groups in total. The second-order valence-electron chi connectivity index (χ2n) is 9.78. The van der Waals surface area contributed by atoms with E-state index in [1.165, 1.54) is 6.33 Å². The van der Waals surface area contributed by atoms with E-state index in [-0.39, 0.29) is 25.2 Å². The Morgan fingerprint density at radius 2 is 1.62 bits per heavy atom. The molecule has 3 aromatic rings. The summed E-state index contributed by atoms with van der Waals surface area (Å²) in [6, 6.07) is 2.61. The lowest BCUT2D eigenvalue weighted by atomic mass is 10.0. The molecule has 0 saturated heterocycles. The number of carboxylic acids is 1. The maximum absolute atomic E-state index is 13.1. The fourth-order valence-corrected chi connectivity index (χ4v) is 4.17. The van der Waals surface area contributed by atoms with E-state index in [9.17, 15) is 29.4 Å². The number of nitrogens with two attached hydrogens (primary N) is 1. The lowest BCUT2D eigenvalue weighted by molar-refractivity contribution is -0.142. The molecule has 1 aromatic carbocycles. The summed E-state index contributed by atoms with van der Waals surface area (Å²) < 4.78 is 0. The Bertz CT molecular complexity index is 1270. The van der Waals surface area contributed by atoms with Crippen molar-refractivity contribution in [1.29, 1.82) is 0 Å². The Morgan fingerprint density at radius 3 is 2.26 bits per heavy atom. The third-order valence-electron chi connectivity index (χ3n) is 6.20. The highest BCUT2D eigenvalue weighted by molar-refractivity contribution is 5.94. The first kappa shape index (κ1) is 29.3. The number of aromatic amines is 2. The van der Waals surface area contributed by atoms with Gasteiger partial charge in [0.25, 0.3) is 0 Å². The summed E-state index contributed by atoms with van der Waals surface area (Å²) in [7, 11) is 0. The summed E-state index contributed by atoms with van der Waals surface area (Å²) in [6.07, 6.45) is 5.08. The van der Waals surface area contributed by atoms with Crippen LogP contribution in [0.15, 0.2) is 43.0 Å². The van der Waals surface area contributed by atoms with Crippen LogP contribution >= 0.6 is 0 Å². The Morgan fingerprint density at radius 1 is 0.949 bits per heavy atom. The standard InChI is InChI=1S/C26H35N7O6/c1-14(2)7-20(31-23(35)18(27)9-16-11-28-13-30-16)24(36)33-22(12-34)25(37)32-21(26(38)39)8-15-10-29-19-6-4-3-5-17(15)19/h3-6,10-11,13-14,18,20-22,29,34H,7-9,12,27H2,1-2H3,(H,28,30)(H,31,35)(H,32,37)(H,33,36)(H,38,39). The highest BCUT2D eigenvalue weighted by Crippen LogP contribution is 2.19. The summed E-state index contributed by atoms with van der Waals surface area (Å²) in [6.45, 7) is 2.93. The largest absolute Gasteiger partial charge is 0.480 e. The zero-order chi connectivity index (χ0) is 28.5. The number of amides is 3. The number of H-pyrrole nitrogens is 2. The van der Waals surface area contributed by atoms with E-state index in [0.717, 1.165) is 10.9 Å². The molecular formula is C26H35N7O6. The number of hydrogen-bond acceptors (Lipinski definition) is 7. The molecule has 0 aliphatic rings. The molecule has 0 fully saturated rings. The number of fused-ring (bicyclic) bond motifs is 1. The average Bonchev–Trinajstić information content (AvgIpc) is 3.55. The second-order valence-corrected chi connectivity index (χ2v) is 9.78. The third-order valence-corrected chi connectivity index (χ3v) is 6.20. The van der Waals surface area contributed by atoms with Crippen molar-refractivity contribution in [3.63, 3.8) is 0 Å². The quantitative estimate of drug-likeness (QED) is 0.134. The number of nitrogens with one attached hydrogen (secondary N) is 5. The Labute approximate surface area is 225 Å². The maximum atomic E-state index is 13.1. The van der Waals surface area contributed by atoms with Gasteiger partial charge in [-0.25, -0.2) is 9.78 Å². The number of aromatic nitrogens is 3. The first-order valence-corrected chi connectivity index (χ1v) is 12.6. The lowest BCUT2D eigenvalue weighted by Crippen LogP contribution is -2.58. The van der Waals surface area contributed by atoms with Crippen molar-refractivity contribution < 1.29 is 29.4 Å². The topological polar surface area (TPSA) is 215 Å². The minimum atomic E-state index is -1.44. The monoisotopic (exact) mass is 541 g/mol. The molecule has 0 aliphatic heterocycles. The Hall–Kier alpha value is -4.23. The molecule has 0 radical (unpaired) electrons. The number of para-hydroxylation sites is 1. The molecule has 13 heteroatoms. The molecule has 4 atom stereocenters. The van der Waals surface area contributed by atoms with Gasteiger partial charge in [0.1, 0.15) is 18.1 Å². The van der Waals surface area contributed by atoms with Gasteiger partial charge in [0.05, 0.1) is 19.0 Å². The number of hydrogen-bond donors (Lipinski definition) is 8. The van der Waals surface area contributed by atoms with E-state index in [2.05, 4.69) is 30.9 Å². The van der Waals surface area contributed by atoms with Crippen LogP contribution in [0.25, 0.3) is 10.9 Å². The minimum absolute atomic E-state index is 0.00107. The van der Waals surface area contributed by atoms with Crippen molar-refractivity contribution in [3.05, 3.63) is 54.2 Å². The van der Waals surface area contributed by atoms with Crippen LogP contribution in [0.5, 0.6) is 0 Å². The van der Waals surface area contributed by atoms with Gasteiger partial charge in [0, 0.05) is 41.8 Å². The molecule has 2 heterocycles. The molecule has 39 heavy (non-hydrogen) atoms. The van der Waals surface area contributed by atoms with E-state index in [4.69, 9.17) is 5.73 Å². The molecule has 0 aliphatic carbocycles. The minimum Gasteiger partial charge on any atom is -0.480 e. The molecule has 0 bridgehead atoms. The van der Waals surface area contributed by atoms with Gasteiger partial charge in [-0.2, -0.15) is 0 Å². The van der Waals surface area contributed by atoms with Gasteiger partial charge >= 0.3 is 5.97 Å². The van der Waals surface area contributed by atoms with E-state index in [1.54, 1.807) is 12.4 Å². The molecular weight excluding hydrogens is 506 g/mol. The van der Waals surface area contributed by atoms with Gasteiger partial charge in [-0.1, -0.05) is 32.0 Å². The number of rotatable bonds is 14. The number of imidazole rings is 1. The summed E-state index contributed by atoms with van der Waals surface area (Å²) in [5, 5.41) is 27.8. The van der Waals surface area contributed by atoms with Crippen LogP contribution in [0.1, 0.15) is 31.5 Å². The number of benzene rings is 1. The van der Waals surface area contributed by atoms with Gasteiger partial charge in [-0.05, 0) is 24.0 Å². The number of aliphatic hydroxyl groups is 1. The lowest BCUT2D eigenvalue weighted by Gasteiger charge is -2.25. The third kappa shape index (κ3) is 8.12. The first-order valence-electron chi connectivity index (χ1n) is 12.6. The van der Waals surface area contributed by atoms with Crippen LogP contribution in [0.2, 0.25) is 0 Å². The number of aliphatic carboxylic acids is 1. The van der Waals surface area contributed by atoms with Crippen molar-refractivity contribution in [2.75, 3.05) is 6.61 Å². The van der Waals surface area contributed by atoms with E-state index in [1.807, 2.05) is 38.1 Å². The van der Waals surface area contributed by atoms with Crippen LogP contribution in [-0.4, -0.2) is 79.6 Å². The van der Waals surface area contributed by atoms with Gasteiger partial charge < -0.3 is 41.9 Å². The number of aliphatic hydroxyl groups excluding tert-OH is 1. The van der Waals surface area contributed by atoms with E-state index < -0.39 is 54.5 Å². The molecule has 210 valence electrons. The molecule has 13 nitrogen and oxygen atoms in total. The van der Waals surface area contributed by atoms with Crippen molar-refractivity contribution in [2.45, 2.75) is 57.3 Å². The SMILES string of the molecule is CC(C)CC(NC(=O)C(N)Cc1cnc[nH]1)C(=O)NC(CO)C(=O)NC(Cc1c[nH]c2ccccc12)C(=O)O. The number of carboxylic acid groups (broad SMARTS) is 1. The molecule has 2 aromatic heterocycles. The predicted octanol–water partition coefficient (Wildman–Crippen LogP) is -0.419. The van der Waals surface area contributed by atoms with Crippen molar-refractivity contribution in [3.8, 4) is 0 Å². The fraction of sp³-hybridized carbons (Fsp3) is 0.423. The average molecular weight is 542 g/mol. The summed E-state index contributed by atoms with van der Waals surface area (Å²) >= 11 is 0. The summed E-state index contributed by atoms with van der Waals surface area (Å²) in [4.78, 5) is 60.3. The number of carbonyl (C=O) groups is 4. The Balaban J connectivity index is 1.64. The van der Waals surface area contributed by atoms with Gasteiger partial charge in [0.2, 0.25) is 17.7 Å². The van der Waals surface area contributed by atoms with Crippen molar-refractivity contribution in [2.24, 2.45) is 11.7 Å². The van der Waals surface area contributed by atoms with E-state index >= 15 is 0 Å². The molecule has 3 rings (SSSR count). The predicted molar refractivity (Wildman–Crippen MR) is 142 cm³/mol. The summed E-state index contributed by atoms with van der Waals surface area (Å²) in [5.41, 5.74) is 8.15. The van der Waals surface area contributed by atoms with Crippen LogP contribution in [0, 0.1) is 5.92 Å². The van der Waals surface area contributed by atoms with Crippen LogP contribution in [0.4, 0.5) is 0 Å². The normalized spacial score (nSPS) is 14.4. The smallest absolute Gasteiger partial charge is 0.326 e. The molecule has 0 spiro atoms. The van der Waals surface area contributed by atoms with Crippen LogP contribution in [-0.2, 0) is 32.0 Å². The van der Waals surface area contributed by atoms with Gasteiger partial charge in [-0.15, -0.1) is 0 Å². The number of carbonyl (C=O) groups excluding carboxylic acids is 3. The van der Waals surface area contributed by atoms with Crippen LogP contribution < -0.4 is 21.7 Å². The molecule has 0 saturated carbocycles. The van der Waals surface area contributed by atoms with E-state index in [0.29, 0.717) is 11.3 Å². The van der Waals surface area contributed by atoms with Crippen molar-refractivity contribution in [1.82, 2.24) is 30.9 Å². The van der Waals surface area contributed by atoms with Crippen molar-refractivity contribution >= 4 is 34.6 Å². The van der Waals surface area contributed by atoms with Gasteiger partial charge in [-0.3, -0.25) is 14.4 Å². The zero-order valence-corrected chi connectivity index (χ0v) is 21.8. The van der Waals surface area contributed by atoms with Crippen LogP contribution in [0.3, 0.4) is 0 Å². The summed E-state index contributed by atoms with van der Waals surface area (Å²) in [5.74, 6) is -3.42. The maximum Gasteiger partial charge on any atom is 0.326 e. The zero-order valence-electron chi connectivity index (χ0n) is 21.8. The fourth-order valence-electron chi connectivity index (χ4n) is 4.17. The molecule has 4 unspecified atom stereocenters. The highest BCUT2D eigenvalue weighted by Gasteiger charge is 2.31. The Kier molecular flexibility index (Phi) is 10.2. The molecule has 3 amide bonds. The highest BCUT2D eigenvalue weighted by atomic mass is 16.4.